The van der Waals surface area contributed by atoms with Crippen LogP contribution in [-0.2, 0) is 17.8 Å². The molecule has 0 aliphatic rings. The van der Waals surface area contributed by atoms with E-state index in [9.17, 15) is 28.2 Å². The molecule has 0 saturated carbocycles. The molecule has 2 atom stereocenters. The predicted octanol–water partition coefficient (Wildman–Crippen LogP) is 3.86. The van der Waals surface area contributed by atoms with Gasteiger partial charge in [0.2, 0.25) is 6.29 Å². The van der Waals surface area contributed by atoms with E-state index in [2.05, 4.69) is 15.2 Å². The van der Waals surface area contributed by atoms with Crippen molar-refractivity contribution in [2.45, 2.75) is 31.7 Å². The second-order valence-corrected chi connectivity index (χ2v) is 9.15. The summed E-state index contributed by atoms with van der Waals surface area (Å²) in [5.74, 6) is -0.353. The minimum Gasteiger partial charge on any atom is -0.382 e. The zero-order chi connectivity index (χ0) is 27.8. The molecule has 0 fully saturated rings. The third-order valence-electron chi connectivity index (χ3n) is 5.32. The van der Waals surface area contributed by atoms with Gasteiger partial charge in [0.1, 0.15) is 12.2 Å². The molecule has 0 aliphatic carbocycles. The molecule has 0 aliphatic heterocycles. The number of aliphatic hydroxyl groups is 2. The molecule has 4 rings (SSSR count). The monoisotopic (exact) mass is 592 g/mol. The Labute approximate surface area is 227 Å². The summed E-state index contributed by atoms with van der Waals surface area (Å²) in [5, 5.41) is 29.1. The van der Waals surface area contributed by atoms with E-state index in [4.69, 9.17) is 39.5 Å². The fourth-order valence-corrected chi connectivity index (χ4v) is 4.17. The Morgan fingerprint density at radius 2 is 1.66 bits per heavy atom. The molecule has 1 unspecified atom stereocenters. The highest BCUT2D eigenvalue weighted by Gasteiger charge is 2.39. The van der Waals surface area contributed by atoms with Crippen molar-refractivity contribution in [3.05, 3.63) is 79.7 Å². The molecule has 2 aromatic heterocycles. The number of aliphatic hydroxyl groups excluding tert-OH is 2. The summed E-state index contributed by atoms with van der Waals surface area (Å²) in [5.41, 5.74) is -0.524. The van der Waals surface area contributed by atoms with Crippen LogP contribution in [0, 0.1) is 0 Å². The van der Waals surface area contributed by atoms with Crippen molar-refractivity contribution >= 4 is 34.8 Å². The van der Waals surface area contributed by atoms with Crippen LogP contribution in [0.15, 0.2) is 47.3 Å². The number of hydrogen-bond donors (Lipinski definition) is 2. The molecule has 4 aromatic rings. The molecule has 16 heteroatoms. The molecule has 202 valence electrons. The number of rotatable bonds is 8. The van der Waals surface area contributed by atoms with Gasteiger partial charge in [0.25, 0.3) is 0 Å². The molecular weight excluding hydrogens is 576 g/mol. The maximum Gasteiger partial charge on any atom is 0.416 e. The normalized spacial score (nSPS) is 13.6. The number of halogens is 6. The Balaban J connectivity index is 1.81. The third kappa shape index (κ3) is 5.72. The Morgan fingerprint density at radius 3 is 2.24 bits per heavy atom. The van der Waals surface area contributed by atoms with Gasteiger partial charge in [0.15, 0.2) is 23.6 Å². The van der Waals surface area contributed by atoms with Crippen LogP contribution in [0.2, 0.25) is 15.1 Å². The Bertz CT molecular complexity index is 1480. The zero-order valence-corrected chi connectivity index (χ0v) is 21.5. The van der Waals surface area contributed by atoms with Crippen molar-refractivity contribution in [3.63, 3.8) is 0 Å². The molecule has 38 heavy (non-hydrogen) atoms. The average Bonchev–Trinajstić information content (AvgIpc) is 3.40. The van der Waals surface area contributed by atoms with Gasteiger partial charge in [0, 0.05) is 17.7 Å². The van der Waals surface area contributed by atoms with Gasteiger partial charge in [-0.05, 0) is 36.4 Å². The highest BCUT2D eigenvalue weighted by Crippen LogP contribution is 2.30. The Morgan fingerprint density at radius 1 is 1.03 bits per heavy atom. The van der Waals surface area contributed by atoms with Crippen molar-refractivity contribution in [3.8, 4) is 17.1 Å². The summed E-state index contributed by atoms with van der Waals surface area (Å²) in [4.78, 5) is 17.3. The molecular formula is C22H18Cl3F3N6O4. The number of aromatic nitrogens is 6. The average molecular weight is 594 g/mol. The number of nitrogens with zero attached hydrogens (tertiary/aromatic N) is 6. The van der Waals surface area contributed by atoms with Crippen molar-refractivity contribution in [2.75, 3.05) is 7.11 Å². The van der Waals surface area contributed by atoms with Crippen LogP contribution in [0.3, 0.4) is 0 Å². The second kappa shape index (κ2) is 11.0. The molecule has 10 nitrogen and oxygen atoms in total. The quantitative estimate of drug-likeness (QED) is 0.298. The lowest BCUT2D eigenvalue weighted by molar-refractivity contribution is -0.207. The first-order valence-corrected chi connectivity index (χ1v) is 11.8. The first kappa shape index (κ1) is 28.1. The second-order valence-electron chi connectivity index (χ2n) is 7.90. The molecule has 0 bridgehead atoms. The minimum absolute atomic E-state index is 0.0714. The molecule has 2 aromatic carbocycles. The van der Waals surface area contributed by atoms with Gasteiger partial charge in [-0.15, -0.1) is 10.2 Å². The van der Waals surface area contributed by atoms with E-state index in [1.807, 2.05) is 0 Å². The third-order valence-corrected chi connectivity index (χ3v) is 6.18. The molecule has 2 heterocycles. The number of methoxy groups -OCH3 is 1. The van der Waals surface area contributed by atoms with Crippen molar-refractivity contribution in [1.82, 2.24) is 29.1 Å². The van der Waals surface area contributed by atoms with Crippen LogP contribution in [0.5, 0.6) is 0 Å². The van der Waals surface area contributed by atoms with Gasteiger partial charge in [-0.2, -0.15) is 13.2 Å². The lowest BCUT2D eigenvalue weighted by Gasteiger charge is -2.15. The van der Waals surface area contributed by atoms with Gasteiger partial charge in [0.05, 0.1) is 16.6 Å². The summed E-state index contributed by atoms with van der Waals surface area (Å²) in [6, 6.07) is 10.5. The van der Waals surface area contributed by atoms with Crippen LogP contribution in [0.1, 0.15) is 17.9 Å². The predicted molar refractivity (Wildman–Crippen MR) is 131 cm³/mol. The van der Waals surface area contributed by atoms with Crippen molar-refractivity contribution < 1.29 is 28.1 Å². The number of hydrogen-bond acceptors (Lipinski definition) is 7. The van der Waals surface area contributed by atoms with Gasteiger partial charge in [-0.3, -0.25) is 4.57 Å². The maximum absolute atomic E-state index is 13.1. The van der Waals surface area contributed by atoms with Crippen LogP contribution in [0.4, 0.5) is 13.2 Å². The van der Waals surface area contributed by atoms with E-state index in [1.54, 1.807) is 6.07 Å². The molecule has 2 N–H and O–H groups in total. The van der Waals surface area contributed by atoms with Gasteiger partial charge < -0.3 is 14.9 Å². The van der Waals surface area contributed by atoms with Gasteiger partial charge >= 0.3 is 11.9 Å². The molecule has 0 amide bonds. The smallest absolute Gasteiger partial charge is 0.382 e. The Hall–Kier alpha value is -2.94. The molecule has 0 saturated heterocycles. The van der Waals surface area contributed by atoms with Crippen molar-refractivity contribution in [2.24, 2.45) is 0 Å². The summed E-state index contributed by atoms with van der Waals surface area (Å²) < 4.78 is 46.9. The minimum atomic E-state index is -4.97. The van der Waals surface area contributed by atoms with E-state index in [0.29, 0.717) is 9.59 Å². The largest absolute Gasteiger partial charge is 0.416 e. The summed E-state index contributed by atoms with van der Waals surface area (Å²) in [7, 11) is 1.22. The standard InChI is InChI=1S/C22H18Cl3F3N6O4/c1-38-20(36)19-29-16(30-34(19)17-13(24)3-2-4-14(17)25)10-33-21(37)32(9-15(35)22(26,27)28)18(31-33)11-5-7-12(23)8-6-11/h2-8,15,20,35-36H,9-10H2,1H3/t15-,20?/m0/s1. The van der Waals surface area contributed by atoms with E-state index in [-0.39, 0.29) is 38.8 Å². The fraction of sp³-hybridized carbons (Fsp3) is 0.273. The van der Waals surface area contributed by atoms with E-state index in [1.165, 1.54) is 43.5 Å². The lowest BCUT2D eigenvalue weighted by Crippen LogP contribution is -2.37. The summed E-state index contributed by atoms with van der Waals surface area (Å²) in [6.07, 6.45) is -9.37. The van der Waals surface area contributed by atoms with Crippen LogP contribution in [-0.4, -0.2) is 58.7 Å². The Kier molecular flexibility index (Phi) is 8.16. The van der Waals surface area contributed by atoms with Crippen LogP contribution >= 0.6 is 34.8 Å². The first-order chi connectivity index (χ1) is 17.9. The van der Waals surface area contributed by atoms with E-state index in [0.717, 1.165) is 9.36 Å². The fourth-order valence-electron chi connectivity index (χ4n) is 3.49. The highest BCUT2D eigenvalue weighted by atomic mass is 35.5. The van der Waals surface area contributed by atoms with E-state index >= 15 is 0 Å². The number of alkyl halides is 3. The molecule has 0 spiro atoms. The van der Waals surface area contributed by atoms with Gasteiger partial charge in [-0.25, -0.2) is 19.1 Å². The van der Waals surface area contributed by atoms with Crippen LogP contribution < -0.4 is 5.69 Å². The van der Waals surface area contributed by atoms with Crippen molar-refractivity contribution in [1.29, 1.82) is 0 Å². The van der Waals surface area contributed by atoms with Crippen LogP contribution in [0.25, 0.3) is 17.1 Å². The number of benzene rings is 2. The SMILES string of the molecule is COC(O)c1nc(Cn2nc(-c3ccc(Cl)cc3)n(C[C@H](O)C(F)(F)F)c2=O)nn1-c1c(Cl)cccc1Cl. The zero-order valence-electron chi connectivity index (χ0n) is 19.3. The number of para-hydroxylation sites is 1. The van der Waals surface area contributed by atoms with E-state index < -0.39 is 37.3 Å². The summed E-state index contributed by atoms with van der Waals surface area (Å²) >= 11 is 18.5. The molecule has 0 radical (unpaired) electrons. The topological polar surface area (TPSA) is 120 Å². The number of ether oxygens (including phenoxy) is 1. The highest BCUT2D eigenvalue weighted by molar-refractivity contribution is 6.37. The summed E-state index contributed by atoms with van der Waals surface area (Å²) in [6.45, 7) is -1.53. The van der Waals surface area contributed by atoms with Gasteiger partial charge in [-0.1, -0.05) is 40.9 Å². The first-order valence-electron chi connectivity index (χ1n) is 10.7. The maximum atomic E-state index is 13.1. The lowest BCUT2D eigenvalue weighted by atomic mass is 10.2.